The van der Waals surface area contributed by atoms with Crippen molar-refractivity contribution >= 4 is 17.8 Å². The molecule has 0 bridgehead atoms. The molecular formula is C34H56N2O25. The normalized spacial score (nSPS) is 49.5. The van der Waals surface area contributed by atoms with Crippen LogP contribution in [0.15, 0.2) is 0 Å². The molecule has 0 unspecified atom stereocenters. The summed E-state index contributed by atoms with van der Waals surface area (Å²) < 4.78 is 51.4. The second-order valence-electron chi connectivity index (χ2n) is 15.4. The highest BCUT2D eigenvalue weighted by Gasteiger charge is 2.58. The predicted molar refractivity (Wildman–Crippen MR) is 187 cm³/mol. The quantitative estimate of drug-likeness (QED) is 0.0816. The van der Waals surface area contributed by atoms with Crippen LogP contribution in [-0.4, -0.2) is 251 Å². The van der Waals surface area contributed by atoms with Gasteiger partial charge < -0.3 is 120 Å². The second kappa shape index (κ2) is 20.6. The fraction of sp³-hybridized carbons (Fsp3) is 0.912. The summed E-state index contributed by atoms with van der Waals surface area (Å²) in [5.74, 6) is -3.50. The molecule has 0 aromatic rings. The Balaban J connectivity index is 1.52. The van der Waals surface area contributed by atoms with Crippen LogP contribution in [-0.2, 0) is 57.0 Å². The lowest BCUT2D eigenvalue weighted by molar-refractivity contribution is -0.384. The Bertz CT molecular complexity index is 1470. The van der Waals surface area contributed by atoms with Crippen LogP contribution in [0.1, 0.15) is 27.7 Å². The average molecular weight is 893 g/mol. The van der Waals surface area contributed by atoms with Gasteiger partial charge in [0.1, 0.15) is 104 Å². The first-order valence-electron chi connectivity index (χ1n) is 19.3. The van der Waals surface area contributed by atoms with Crippen molar-refractivity contribution in [3.8, 4) is 0 Å². The summed E-state index contributed by atoms with van der Waals surface area (Å²) in [5.41, 5.74) is 0. The van der Waals surface area contributed by atoms with Crippen LogP contribution in [0.3, 0.4) is 0 Å². The second-order valence-corrected chi connectivity index (χ2v) is 15.4. The highest BCUT2D eigenvalue weighted by Crippen LogP contribution is 2.37. The number of carboxylic acids is 1. The number of aliphatic hydroxyl groups is 12. The molecule has 0 saturated carbocycles. The smallest absolute Gasteiger partial charge is 0.335 e. The van der Waals surface area contributed by atoms with Crippen molar-refractivity contribution < 1.29 is 123 Å². The maximum absolute atomic E-state index is 12.9. The van der Waals surface area contributed by atoms with Gasteiger partial charge in [-0.1, -0.05) is 0 Å². The highest BCUT2D eigenvalue weighted by molar-refractivity contribution is 5.74. The van der Waals surface area contributed by atoms with Crippen LogP contribution in [0, 0.1) is 0 Å². The molecule has 0 radical (unpaired) electrons. The Kier molecular flexibility index (Phi) is 16.7. The zero-order chi connectivity index (χ0) is 45.4. The van der Waals surface area contributed by atoms with Gasteiger partial charge >= 0.3 is 5.97 Å². The van der Waals surface area contributed by atoms with Crippen molar-refractivity contribution in [3.63, 3.8) is 0 Å². The van der Waals surface area contributed by atoms with Crippen molar-refractivity contribution in [2.75, 3.05) is 13.2 Å². The topological polar surface area (TPSA) is 421 Å². The van der Waals surface area contributed by atoms with Crippen molar-refractivity contribution in [2.45, 2.75) is 181 Å². The number of carboxylic acid groups (broad SMARTS) is 1. The van der Waals surface area contributed by atoms with Gasteiger partial charge in [-0.3, -0.25) is 9.59 Å². The molecule has 0 spiro atoms. The van der Waals surface area contributed by atoms with E-state index in [0.29, 0.717) is 0 Å². The summed E-state index contributed by atoms with van der Waals surface area (Å²) in [6.45, 7) is 2.71. The Morgan fingerprint density at radius 2 is 0.967 bits per heavy atom. The third-order valence-corrected chi connectivity index (χ3v) is 11.0. The zero-order valence-electron chi connectivity index (χ0n) is 33.1. The number of amides is 2. The Morgan fingerprint density at radius 3 is 1.56 bits per heavy atom. The fourth-order valence-electron chi connectivity index (χ4n) is 7.69. The summed E-state index contributed by atoms with van der Waals surface area (Å²) in [4.78, 5) is 37.8. The van der Waals surface area contributed by atoms with Gasteiger partial charge in [0.05, 0.1) is 25.4 Å². The first-order valence-corrected chi connectivity index (χ1v) is 19.3. The third-order valence-electron chi connectivity index (χ3n) is 11.0. The summed E-state index contributed by atoms with van der Waals surface area (Å²) in [6.07, 6.45) is -42.6. The highest BCUT2D eigenvalue weighted by atomic mass is 16.8. The minimum atomic E-state index is -2.30. The molecule has 5 saturated heterocycles. The molecule has 5 rings (SSSR count). The van der Waals surface area contributed by atoms with Crippen molar-refractivity contribution in [3.05, 3.63) is 0 Å². The monoisotopic (exact) mass is 892 g/mol. The summed E-state index contributed by atoms with van der Waals surface area (Å²) in [6, 6.07) is -3.47. The summed E-state index contributed by atoms with van der Waals surface area (Å²) in [7, 11) is 0. The summed E-state index contributed by atoms with van der Waals surface area (Å²) >= 11 is 0. The molecule has 61 heavy (non-hydrogen) atoms. The van der Waals surface area contributed by atoms with E-state index in [2.05, 4.69) is 10.6 Å². The number of aliphatic carboxylic acids is 1. The van der Waals surface area contributed by atoms with Crippen LogP contribution in [0.25, 0.3) is 0 Å². The molecule has 0 aromatic heterocycles. The molecule has 5 aliphatic heterocycles. The van der Waals surface area contributed by atoms with Crippen LogP contribution >= 0.6 is 0 Å². The average Bonchev–Trinajstić information content (AvgIpc) is 3.20. The van der Waals surface area contributed by atoms with Crippen LogP contribution < -0.4 is 10.6 Å². The van der Waals surface area contributed by atoms with E-state index in [9.17, 15) is 80.8 Å². The summed E-state index contributed by atoms with van der Waals surface area (Å²) in [5, 5.41) is 143. The van der Waals surface area contributed by atoms with Crippen molar-refractivity contribution in [2.24, 2.45) is 0 Å². The molecular weight excluding hydrogens is 836 g/mol. The minimum absolute atomic E-state index is 0.776. The molecule has 27 nitrogen and oxygen atoms in total. The van der Waals surface area contributed by atoms with E-state index in [1.54, 1.807) is 0 Å². The van der Waals surface area contributed by atoms with Crippen LogP contribution in [0.2, 0.25) is 0 Å². The number of ether oxygens (including phenoxy) is 9. The number of carbonyl (C=O) groups excluding carboxylic acids is 2. The van der Waals surface area contributed by atoms with Gasteiger partial charge in [-0.05, 0) is 13.8 Å². The van der Waals surface area contributed by atoms with E-state index in [-0.39, 0.29) is 0 Å². The molecule has 15 N–H and O–H groups in total. The zero-order valence-corrected chi connectivity index (χ0v) is 33.1. The minimum Gasteiger partial charge on any atom is -0.479 e. The number of rotatable bonds is 13. The molecule has 352 valence electrons. The van der Waals surface area contributed by atoms with E-state index < -0.39 is 184 Å². The maximum atomic E-state index is 12.9. The molecule has 5 heterocycles. The Morgan fingerprint density at radius 1 is 0.475 bits per heavy atom. The lowest BCUT2D eigenvalue weighted by Gasteiger charge is -2.51. The number of carbonyl (C=O) groups is 3. The van der Waals surface area contributed by atoms with E-state index in [0.717, 1.165) is 13.8 Å². The number of hydrogen-bond acceptors (Lipinski definition) is 24. The van der Waals surface area contributed by atoms with E-state index in [1.165, 1.54) is 13.8 Å². The third kappa shape index (κ3) is 10.6. The molecule has 5 fully saturated rings. The SMILES string of the molecule is CC(=O)N[C@H]1[C@H](O[C@@H]2[C@@H](NC(C)=O)[C@H](O[C@@H]3[C@H](O)[C@@H](O)[C@@H](O[C@@H]4[C@H](O)[C@H](C)O[C@@H](O)[C@H]4O)O[C@@H]3C(=O)O)O[C@H](CO)[C@H]2O[C@@H]2O[C@@H](C)[C@@H](O)[C@@H](O)[C@@H]2O)O[C@H](CO)[C@@H](O)[C@@H]1O. The van der Waals surface area contributed by atoms with E-state index in [1.807, 2.05) is 0 Å². The van der Waals surface area contributed by atoms with Gasteiger partial charge in [-0.2, -0.15) is 0 Å². The van der Waals surface area contributed by atoms with Crippen LogP contribution in [0.5, 0.6) is 0 Å². The molecule has 25 atom stereocenters. The van der Waals surface area contributed by atoms with E-state index in [4.69, 9.17) is 42.6 Å². The van der Waals surface area contributed by atoms with Crippen LogP contribution in [0.4, 0.5) is 0 Å². The van der Waals surface area contributed by atoms with E-state index >= 15 is 0 Å². The lowest BCUT2D eigenvalue weighted by Crippen LogP contribution is -2.72. The number of hydrogen-bond donors (Lipinski definition) is 15. The molecule has 2 amide bonds. The predicted octanol–water partition coefficient (Wildman–Crippen LogP) is -9.49. The number of nitrogens with one attached hydrogen (secondary N) is 2. The first-order chi connectivity index (χ1) is 28.6. The van der Waals surface area contributed by atoms with Gasteiger partial charge in [0.15, 0.2) is 37.6 Å². The van der Waals surface area contributed by atoms with Gasteiger partial charge in [0.2, 0.25) is 11.8 Å². The largest absolute Gasteiger partial charge is 0.479 e. The van der Waals surface area contributed by atoms with Crippen molar-refractivity contribution in [1.82, 2.24) is 10.6 Å². The standard InChI is InChI=1S/C34H56N2O25/c1-7-15(41)19(45)21(47)33(54-7)57-24-12(6-38)56-32(14(36-10(4)40)25(24)58-31-13(35-9(3)39)18(44)17(43)11(5-37)55-31)60-27-20(46)22(48)34(61-28(27)29(50)51)59-26-16(42)8(2)53-30(52)23(26)49/h7-8,11-28,30-34,37-38,41-49,52H,5-6H2,1-4H3,(H,35,39)(H,36,40)(H,50,51)/t7-,8-,11+,12+,13+,14+,15+,16+,17+,18+,19+,20+,21-,22+,23-,24+,25+,26+,27+,28-,30+,31-,32-,33-,34-/m0/s1. The van der Waals surface area contributed by atoms with Gasteiger partial charge in [-0.25, -0.2) is 4.79 Å². The molecule has 27 heteroatoms. The molecule has 5 aliphatic rings. The Hall–Kier alpha value is -2.43. The van der Waals surface area contributed by atoms with Crippen molar-refractivity contribution in [1.29, 1.82) is 0 Å². The molecule has 0 aromatic carbocycles. The molecule has 0 aliphatic carbocycles. The number of aliphatic hydroxyl groups excluding tert-OH is 12. The van der Waals surface area contributed by atoms with Gasteiger partial charge in [0, 0.05) is 13.8 Å². The van der Waals surface area contributed by atoms with Gasteiger partial charge in [0.25, 0.3) is 0 Å². The first kappa shape index (κ1) is 49.6. The van der Waals surface area contributed by atoms with Gasteiger partial charge in [-0.15, -0.1) is 0 Å². The maximum Gasteiger partial charge on any atom is 0.335 e. The fourth-order valence-corrected chi connectivity index (χ4v) is 7.69. The Labute approximate surface area is 346 Å². The lowest BCUT2D eigenvalue weighted by atomic mass is 9.93.